The molecule has 0 amide bonds. The van der Waals surface area contributed by atoms with Crippen LogP contribution in [0.15, 0.2) is 18.2 Å². The van der Waals surface area contributed by atoms with Crippen LogP contribution in [-0.4, -0.2) is 11.3 Å². The van der Waals surface area contributed by atoms with Crippen molar-refractivity contribution >= 4 is 0 Å². The minimum Gasteiger partial charge on any atom is -0.385 e. The molecule has 1 aromatic carbocycles. The van der Waals surface area contributed by atoms with E-state index in [0.29, 0.717) is 5.56 Å². The molecule has 18 heavy (non-hydrogen) atoms. The molecule has 1 nitrogen and oxygen atoms in total. The third kappa shape index (κ3) is 4.33. The Hall–Kier alpha value is -1.03. The zero-order chi connectivity index (χ0) is 14.0. The SMILES string of the molecule is Cc1ccc(C(C)(O)CCCC(F)(F)F)c(C)c1. The van der Waals surface area contributed by atoms with Crippen LogP contribution in [-0.2, 0) is 5.60 Å². The van der Waals surface area contributed by atoms with Crippen molar-refractivity contribution in [2.24, 2.45) is 0 Å². The lowest BCUT2D eigenvalue weighted by Gasteiger charge is -2.26. The fraction of sp³-hybridized carbons (Fsp3) is 0.571. The second-order valence-electron chi connectivity index (χ2n) is 5.06. The standard InChI is InChI=1S/C14H19F3O/c1-10-5-6-12(11(2)9-10)13(3,18)7-4-8-14(15,16)17/h5-6,9,18H,4,7-8H2,1-3H3. The van der Waals surface area contributed by atoms with Crippen molar-refractivity contribution in [2.45, 2.75) is 51.8 Å². The molecule has 0 aliphatic heterocycles. The van der Waals surface area contributed by atoms with Gasteiger partial charge in [-0.05, 0) is 44.7 Å². The average Bonchev–Trinajstić information content (AvgIpc) is 2.13. The first-order chi connectivity index (χ1) is 8.12. The van der Waals surface area contributed by atoms with Gasteiger partial charge in [-0.1, -0.05) is 23.8 Å². The van der Waals surface area contributed by atoms with E-state index in [-0.39, 0.29) is 12.8 Å². The molecule has 1 atom stereocenters. The Balaban J connectivity index is 2.73. The summed E-state index contributed by atoms with van der Waals surface area (Å²) in [6.07, 6.45) is -4.97. The summed E-state index contributed by atoms with van der Waals surface area (Å²) in [6, 6.07) is 5.58. The van der Waals surface area contributed by atoms with E-state index >= 15 is 0 Å². The van der Waals surface area contributed by atoms with Gasteiger partial charge in [-0.25, -0.2) is 0 Å². The third-order valence-electron chi connectivity index (χ3n) is 3.09. The highest BCUT2D eigenvalue weighted by atomic mass is 19.4. The molecular formula is C14H19F3O. The monoisotopic (exact) mass is 260 g/mol. The maximum Gasteiger partial charge on any atom is 0.389 e. The summed E-state index contributed by atoms with van der Waals surface area (Å²) in [5, 5.41) is 10.3. The van der Waals surface area contributed by atoms with Crippen molar-refractivity contribution < 1.29 is 18.3 Å². The molecule has 0 aliphatic rings. The Labute approximate surface area is 106 Å². The highest BCUT2D eigenvalue weighted by molar-refractivity contribution is 5.34. The third-order valence-corrected chi connectivity index (χ3v) is 3.09. The zero-order valence-electron chi connectivity index (χ0n) is 10.9. The predicted molar refractivity (Wildman–Crippen MR) is 65.4 cm³/mol. The zero-order valence-corrected chi connectivity index (χ0v) is 10.9. The summed E-state index contributed by atoms with van der Waals surface area (Å²) < 4.78 is 36.3. The van der Waals surface area contributed by atoms with Gasteiger partial charge in [-0.15, -0.1) is 0 Å². The van der Waals surface area contributed by atoms with E-state index in [1.807, 2.05) is 26.0 Å². The van der Waals surface area contributed by atoms with Crippen LogP contribution in [0.1, 0.15) is 42.9 Å². The van der Waals surface area contributed by atoms with E-state index < -0.39 is 18.2 Å². The minimum atomic E-state index is -4.15. The van der Waals surface area contributed by atoms with Crippen LogP contribution < -0.4 is 0 Å². The van der Waals surface area contributed by atoms with Gasteiger partial charge in [0.1, 0.15) is 0 Å². The Morgan fingerprint density at radius 3 is 2.22 bits per heavy atom. The van der Waals surface area contributed by atoms with Gasteiger partial charge < -0.3 is 5.11 Å². The van der Waals surface area contributed by atoms with E-state index in [9.17, 15) is 18.3 Å². The van der Waals surface area contributed by atoms with E-state index in [1.54, 1.807) is 13.0 Å². The van der Waals surface area contributed by atoms with Crippen molar-refractivity contribution in [3.8, 4) is 0 Å². The number of benzene rings is 1. The molecule has 0 saturated heterocycles. The maximum absolute atomic E-state index is 12.1. The van der Waals surface area contributed by atoms with Crippen LogP contribution in [0.4, 0.5) is 13.2 Å². The highest BCUT2D eigenvalue weighted by Crippen LogP contribution is 2.32. The van der Waals surface area contributed by atoms with Crippen LogP contribution in [0.5, 0.6) is 0 Å². The first kappa shape index (κ1) is 15.0. The molecule has 0 spiro atoms. The van der Waals surface area contributed by atoms with Crippen molar-refractivity contribution in [2.75, 3.05) is 0 Å². The van der Waals surface area contributed by atoms with Crippen LogP contribution >= 0.6 is 0 Å². The van der Waals surface area contributed by atoms with Crippen molar-refractivity contribution in [3.05, 3.63) is 34.9 Å². The van der Waals surface area contributed by atoms with Crippen molar-refractivity contribution in [1.82, 2.24) is 0 Å². The van der Waals surface area contributed by atoms with Crippen molar-refractivity contribution in [3.63, 3.8) is 0 Å². The molecule has 1 unspecified atom stereocenters. The number of aliphatic hydroxyl groups is 1. The molecule has 0 fully saturated rings. The molecule has 0 bridgehead atoms. The number of aryl methyl sites for hydroxylation is 2. The van der Waals surface area contributed by atoms with Crippen LogP contribution in [0.25, 0.3) is 0 Å². The normalized spacial score (nSPS) is 15.5. The molecule has 102 valence electrons. The van der Waals surface area contributed by atoms with Gasteiger partial charge in [-0.3, -0.25) is 0 Å². The molecular weight excluding hydrogens is 241 g/mol. The quantitative estimate of drug-likeness (QED) is 0.858. The number of hydrogen-bond donors (Lipinski definition) is 1. The lowest BCUT2D eigenvalue weighted by molar-refractivity contribution is -0.137. The van der Waals surface area contributed by atoms with Gasteiger partial charge >= 0.3 is 6.18 Å². The molecule has 0 radical (unpaired) electrons. The summed E-state index contributed by atoms with van der Waals surface area (Å²) >= 11 is 0. The van der Waals surface area contributed by atoms with Gasteiger partial charge in [0.05, 0.1) is 5.60 Å². The second-order valence-corrected chi connectivity index (χ2v) is 5.06. The fourth-order valence-electron chi connectivity index (χ4n) is 2.19. The van der Waals surface area contributed by atoms with Gasteiger partial charge in [0.2, 0.25) is 0 Å². The van der Waals surface area contributed by atoms with Crippen LogP contribution in [0, 0.1) is 13.8 Å². The molecule has 1 aromatic rings. The first-order valence-electron chi connectivity index (χ1n) is 5.99. The number of rotatable bonds is 4. The molecule has 1 N–H and O–H groups in total. The summed E-state index contributed by atoms with van der Waals surface area (Å²) in [6.45, 7) is 5.37. The number of alkyl halides is 3. The summed E-state index contributed by atoms with van der Waals surface area (Å²) in [4.78, 5) is 0. The molecule has 0 aliphatic carbocycles. The van der Waals surface area contributed by atoms with E-state index in [0.717, 1.165) is 11.1 Å². The number of hydrogen-bond acceptors (Lipinski definition) is 1. The van der Waals surface area contributed by atoms with Crippen molar-refractivity contribution in [1.29, 1.82) is 0 Å². The predicted octanol–water partition coefficient (Wildman–Crippen LogP) is 4.24. The van der Waals surface area contributed by atoms with Gasteiger partial charge in [0.15, 0.2) is 0 Å². The highest BCUT2D eigenvalue weighted by Gasteiger charge is 2.30. The van der Waals surface area contributed by atoms with Crippen LogP contribution in [0.2, 0.25) is 0 Å². The lowest BCUT2D eigenvalue weighted by atomic mass is 9.87. The topological polar surface area (TPSA) is 20.2 Å². The molecule has 1 rings (SSSR count). The second kappa shape index (κ2) is 5.31. The summed E-state index contributed by atoms with van der Waals surface area (Å²) in [7, 11) is 0. The molecule has 0 heterocycles. The Bertz CT molecular complexity index is 408. The smallest absolute Gasteiger partial charge is 0.385 e. The summed E-state index contributed by atoms with van der Waals surface area (Å²) in [5.41, 5.74) is 1.48. The Morgan fingerprint density at radius 2 is 1.72 bits per heavy atom. The van der Waals surface area contributed by atoms with Gasteiger partial charge in [0, 0.05) is 6.42 Å². The van der Waals surface area contributed by atoms with E-state index in [4.69, 9.17) is 0 Å². The van der Waals surface area contributed by atoms with E-state index in [1.165, 1.54) is 0 Å². The lowest BCUT2D eigenvalue weighted by Crippen LogP contribution is -2.23. The molecule has 0 aromatic heterocycles. The Morgan fingerprint density at radius 1 is 1.11 bits per heavy atom. The molecule has 0 saturated carbocycles. The fourth-order valence-corrected chi connectivity index (χ4v) is 2.19. The maximum atomic E-state index is 12.1. The Kier molecular flexibility index (Phi) is 4.43. The average molecular weight is 260 g/mol. The largest absolute Gasteiger partial charge is 0.389 e. The van der Waals surface area contributed by atoms with Gasteiger partial charge in [-0.2, -0.15) is 13.2 Å². The van der Waals surface area contributed by atoms with Gasteiger partial charge in [0.25, 0.3) is 0 Å². The number of halogens is 3. The van der Waals surface area contributed by atoms with Crippen LogP contribution in [0.3, 0.4) is 0 Å². The first-order valence-corrected chi connectivity index (χ1v) is 5.99. The van der Waals surface area contributed by atoms with E-state index in [2.05, 4.69) is 0 Å². The summed E-state index contributed by atoms with van der Waals surface area (Å²) in [5.74, 6) is 0. The molecule has 4 heteroatoms. The minimum absolute atomic E-state index is 0.0657.